The smallest absolute Gasteiger partial charge is 0.0803 e. The van der Waals surface area contributed by atoms with Gasteiger partial charge in [0.15, 0.2) is 0 Å². The Morgan fingerprint density at radius 2 is 0.795 bits per heavy atom. The maximum Gasteiger partial charge on any atom is 0.0803 e. The van der Waals surface area contributed by atoms with Crippen LogP contribution in [0.5, 0.6) is 0 Å². The quantitative estimate of drug-likeness (QED) is 0.198. The number of para-hydroxylation sites is 4. The average Bonchev–Trinajstić information content (AvgIpc) is 3.81. The Morgan fingerprint density at radius 3 is 1.45 bits per heavy atom. The number of thiophene rings is 1. The number of hydrogen-bond acceptors (Lipinski definition) is 1. The van der Waals surface area contributed by atoms with Crippen LogP contribution in [0.1, 0.15) is 0 Å². The van der Waals surface area contributed by atoms with Crippen LogP contribution in [0.2, 0.25) is 0 Å². The van der Waals surface area contributed by atoms with Gasteiger partial charge < -0.3 is 13.7 Å². The predicted octanol–water partition coefficient (Wildman–Crippen LogP) is 11.0. The Bertz CT molecular complexity index is 2710. The van der Waals surface area contributed by atoms with Crippen molar-refractivity contribution in [2.24, 2.45) is 0 Å². The molecule has 0 amide bonds. The Kier molecular flexibility index (Phi) is 4.87. The fourth-order valence-electron chi connectivity index (χ4n) is 7.26. The summed E-state index contributed by atoms with van der Waals surface area (Å²) in [6.45, 7) is 0. The molecule has 0 radical (unpaired) electrons. The summed E-state index contributed by atoms with van der Waals surface area (Å²) in [4.78, 5) is 0. The summed E-state index contributed by atoms with van der Waals surface area (Å²) in [6.07, 6.45) is 0. The van der Waals surface area contributed by atoms with Crippen molar-refractivity contribution < 1.29 is 0 Å². The van der Waals surface area contributed by atoms with Crippen LogP contribution in [-0.2, 0) is 0 Å². The van der Waals surface area contributed by atoms with Crippen LogP contribution in [0.25, 0.3) is 81.1 Å². The monoisotopic (exact) mass is 579 g/mol. The highest BCUT2D eigenvalue weighted by Crippen LogP contribution is 2.44. The van der Waals surface area contributed by atoms with E-state index in [9.17, 15) is 0 Å². The lowest BCUT2D eigenvalue weighted by atomic mass is 10.2. The molecule has 4 heteroatoms. The van der Waals surface area contributed by atoms with E-state index < -0.39 is 0 Å². The zero-order valence-electron chi connectivity index (χ0n) is 23.7. The van der Waals surface area contributed by atoms with Crippen LogP contribution in [0.3, 0.4) is 0 Å². The minimum Gasteiger partial charge on any atom is -0.308 e. The van der Waals surface area contributed by atoms with E-state index >= 15 is 0 Å². The van der Waals surface area contributed by atoms with Gasteiger partial charge in [-0.25, -0.2) is 0 Å². The number of fused-ring (bicyclic) bond motifs is 10. The second-order valence-electron chi connectivity index (χ2n) is 11.4. The Balaban J connectivity index is 1.32. The van der Waals surface area contributed by atoms with Gasteiger partial charge in [-0.15, -0.1) is 11.3 Å². The lowest BCUT2D eigenvalue weighted by molar-refractivity contribution is 1.14. The number of rotatable bonds is 3. The molecule has 0 spiro atoms. The molecule has 0 fully saturated rings. The lowest BCUT2D eigenvalue weighted by Crippen LogP contribution is -1.98. The van der Waals surface area contributed by atoms with Gasteiger partial charge in [0.2, 0.25) is 0 Å². The first-order chi connectivity index (χ1) is 21.9. The maximum atomic E-state index is 2.46. The molecular formula is C40H25N3S. The number of hydrogen-bond donors (Lipinski definition) is 0. The third-order valence-electron chi connectivity index (χ3n) is 9.01. The van der Waals surface area contributed by atoms with E-state index in [0.717, 1.165) is 11.4 Å². The molecule has 0 saturated carbocycles. The summed E-state index contributed by atoms with van der Waals surface area (Å²) < 4.78 is 10.0. The van der Waals surface area contributed by atoms with Gasteiger partial charge in [0, 0.05) is 43.3 Å². The topological polar surface area (TPSA) is 14.8 Å². The summed E-state index contributed by atoms with van der Waals surface area (Å²) in [5.41, 5.74) is 10.9. The summed E-state index contributed by atoms with van der Waals surface area (Å²) in [5.74, 6) is 0. The van der Waals surface area contributed by atoms with Crippen molar-refractivity contribution in [3.05, 3.63) is 152 Å². The van der Waals surface area contributed by atoms with Gasteiger partial charge in [-0.1, -0.05) is 97.1 Å². The van der Waals surface area contributed by atoms with Crippen LogP contribution in [0.15, 0.2) is 152 Å². The molecule has 4 heterocycles. The van der Waals surface area contributed by atoms with Gasteiger partial charge in [0.25, 0.3) is 0 Å². The Morgan fingerprint density at radius 1 is 0.341 bits per heavy atom. The third-order valence-corrected chi connectivity index (χ3v) is 10.2. The van der Waals surface area contributed by atoms with Crippen molar-refractivity contribution >= 4 is 75.4 Å². The van der Waals surface area contributed by atoms with Crippen LogP contribution in [-0.4, -0.2) is 13.7 Å². The molecule has 10 aromatic rings. The molecule has 0 bridgehead atoms. The second-order valence-corrected chi connectivity index (χ2v) is 12.4. The van der Waals surface area contributed by atoms with Crippen LogP contribution < -0.4 is 0 Å². The molecule has 0 atom stereocenters. The average molecular weight is 580 g/mol. The molecular weight excluding hydrogens is 555 g/mol. The molecule has 0 aliphatic rings. The van der Waals surface area contributed by atoms with Gasteiger partial charge in [-0.2, -0.15) is 0 Å². The van der Waals surface area contributed by atoms with Crippen LogP contribution in [0, 0.1) is 0 Å². The standard InChI is InChI=1S/C40H25N3S/c1-2-13-26(14-3-1)41-33-21-8-4-17-29(33)38-37(41)30-18-5-9-22-34(30)42(38)27-15-12-16-28(25-27)43-35-23-10-6-19-31(35)40-39(43)32-20-7-11-24-36(32)44-40/h1-25H. The SMILES string of the molecule is c1ccc(-n2c3ccccc3c3c2c2ccccc2n3-c2cccc(-n3c4ccccc4c4sc5ccccc5c43)c2)cc1. The molecule has 4 aromatic heterocycles. The number of nitrogens with zero attached hydrogens (tertiary/aromatic N) is 3. The summed E-state index contributed by atoms with van der Waals surface area (Å²) in [7, 11) is 0. The lowest BCUT2D eigenvalue weighted by Gasteiger charge is -2.13. The van der Waals surface area contributed by atoms with Crippen molar-refractivity contribution in [1.82, 2.24) is 13.7 Å². The van der Waals surface area contributed by atoms with Gasteiger partial charge in [0.05, 0.1) is 37.8 Å². The van der Waals surface area contributed by atoms with E-state index in [1.54, 1.807) is 0 Å². The van der Waals surface area contributed by atoms with Crippen LogP contribution in [0.4, 0.5) is 0 Å². The highest BCUT2D eigenvalue weighted by Gasteiger charge is 2.22. The molecule has 0 saturated heterocycles. The summed E-state index contributed by atoms with van der Waals surface area (Å²) in [6, 6.07) is 55.0. The van der Waals surface area contributed by atoms with Crippen molar-refractivity contribution in [2.75, 3.05) is 0 Å². The maximum absolute atomic E-state index is 2.46. The molecule has 0 aliphatic heterocycles. The van der Waals surface area contributed by atoms with Gasteiger partial charge >= 0.3 is 0 Å². The predicted molar refractivity (Wildman–Crippen MR) is 187 cm³/mol. The highest BCUT2D eigenvalue weighted by atomic mass is 32.1. The third kappa shape index (κ3) is 3.15. The van der Waals surface area contributed by atoms with E-state index in [2.05, 4.69) is 165 Å². The van der Waals surface area contributed by atoms with Crippen molar-refractivity contribution in [3.8, 4) is 17.1 Å². The molecule has 0 aliphatic carbocycles. The van der Waals surface area contributed by atoms with E-state index in [0.29, 0.717) is 0 Å². The van der Waals surface area contributed by atoms with E-state index in [-0.39, 0.29) is 0 Å². The molecule has 6 aromatic carbocycles. The molecule has 44 heavy (non-hydrogen) atoms. The van der Waals surface area contributed by atoms with E-state index in [1.807, 2.05) is 11.3 Å². The molecule has 0 unspecified atom stereocenters. The first kappa shape index (κ1) is 23.9. The zero-order chi connectivity index (χ0) is 28.8. The van der Waals surface area contributed by atoms with Gasteiger partial charge in [-0.05, 0) is 54.6 Å². The first-order valence-electron chi connectivity index (χ1n) is 15.0. The van der Waals surface area contributed by atoms with Gasteiger partial charge in [-0.3, -0.25) is 0 Å². The highest BCUT2D eigenvalue weighted by molar-refractivity contribution is 7.26. The Labute approximate surface area is 257 Å². The van der Waals surface area contributed by atoms with Crippen molar-refractivity contribution in [2.45, 2.75) is 0 Å². The number of benzene rings is 6. The fraction of sp³-hybridized carbons (Fsp3) is 0. The minimum absolute atomic E-state index is 1.15. The summed E-state index contributed by atoms with van der Waals surface area (Å²) >= 11 is 1.89. The molecule has 206 valence electrons. The Hall–Kier alpha value is -5.58. The molecule has 0 N–H and O–H groups in total. The van der Waals surface area contributed by atoms with Crippen molar-refractivity contribution in [3.63, 3.8) is 0 Å². The second kappa shape index (κ2) is 8.96. The fourth-order valence-corrected chi connectivity index (χ4v) is 8.48. The van der Waals surface area contributed by atoms with Gasteiger partial charge in [0.1, 0.15) is 0 Å². The first-order valence-corrected chi connectivity index (χ1v) is 15.8. The van der Waals surface area contributed by atoms with Crippen molar-refractivity contribution in [1.29, 1.82) is 0 Å². The molecule has 10 rings (SSSR count). The zero-order valence-corrected chi connectivity index (χ0v) is 24.5. The normalized spacial score (nSPS) is 12.1. The summed E-state index contributed by atoms with van der Waals surface area (Å²) in [5, 5.41) is 5.08. The van der Waals surface area contributed by atoms with E-state index in [1.165, 1.54) is 69.7 Å². The van der Waals surface area contributed by atoms with E-state index in [4.69, 9.17) is 0 Å². The minimum atomic E-state index is 1.15. The van der Waals surface area contributed by atoms with Crippen LogP contribution >= 0.6 is 11.3 Å². The largest absolute Gasteiger partial charge is 0.308 e. The molecule has 3 nitrogen and oxygen atoms in total. The number of aromatic nitrogens is 3.